The Morgan fingerprint density at radius 2 is 2.00 bits per heavy atom. The quantitative estimate of drug-likeness (QED) is 0.383. The van der Waals surface area contributed by atoms with Gasteiger partial charge in [0.25, 0.3) is 0 Å². The summed E-state index contributed by atoms with van der Waals surface area (Å²) < 4.78 is 0. The lowest BCUT2D eigenvalue weighted by molar-refractivity contribution is -0.121. The number of amides is 3. The summed E-state index contributed by atoms with van der Waals surface area (Å²) in [6, 6.07) is 13.8. The molecule has 192 valence electrons. The van der Waals surface area contributed by atoms with Gasteiger partial charge in [-0.15, -0.1) is 0 Å². The minimum absolute atomic E-state index is 0.0661. The lowest BCUT2D eigenvalue weighted by atomic mass is 9.96. The number of fused-ring (bicyclic) bond motifs is 6. The van der Waals surface area contributed by atoms with Gasteiger partial charge in [0, 0.05) is 36.7 Å². The summed E-state index contributed by atoms with van der Waals surface area (Å²) in [5.41, 5.74) is 4.62. The van der Waals surface area contributed by atoms with E-state index in [9.17, 15) is 9.59 Å². The molecule has 1 saturated heterocycles. The molecule has 0 radical (unpaired) electrons. The zero-order valence-electron chi connectivity index (χ0n) is 20.7. The van der Waals surface area contributed by atoms with Crippen LogP contribution in [0, 0.1) is 5.92 Å². The minimum atomic E-state index is -0.253. The van der Waals surface area contributed by atoms with E-state index >= 15 is 0 Å². The van der Waals surface area contributed by atoms with Crippen LogP contribution in [0.5, 0.6) is 0 Å². The number of hydrogen-bond acceptors (Lipinski definition) is 6. The average molecular weight is 520 g/mol. The van der Waals surface area contributed by atoms with Crippen LogP contribution in [0.2, 0.25) is 5.02 Å². The second-order valence-corrected chi connectivity index (χ2v) is 9.73. The molecule has 1 unspecified atom stereocenters. The number of hydrogen-bond donors (Lipinski definition) is 4. The molecule has 2 aliphatic heterocycles. The lowest BCUT2D eigenvalue weighted by Crippen LogP contribution is -2.47. The van der Waals surface area contributed by atoms with Gasteiger partial charge >= 0.3 is 6.03 Å². The molecular formula is C27H30ClN7O2. The molecule has 2 aliphatic rings. The van der Waals surface area contributed by atoms with Crippen molar-refractivity contribution in [2.24, 2.45) is 5.92 Å². The maximum atomic E-state index is 13.3. The first-order chi connectivity index (χ1) is 18.0. The zero-order valence-corrected chi connectivity index (χ0v) is 21.4. The van der Waals surface area contributed by atoms with E-state index in [1.807, 2.05) is 37.3 Å². The highest BCUT2D eigenvalue weighted by molar-refractivity contribution is 6.32. The molecule has 0 saturated carbocycles. The molecule has 1 atom stereocenters. The third kappa shape index (κ3) is 5.94. The van der Waals surface area contributed by atoms with Gasteiger partial charge in [-0.3, -0.25) is 4.79 Å². The van der Waals surface area contributed by atoms with E-state index < -0.39 is 0 Å². The molecule has 3 amide bonds. The van der Waals surface area contributed by atoms with E-state index in [-0.39, 0.29) is 17.9 Å². The second-order valence-electron chi connectivity index (χ2n) is 9.32. The van der Waals surface area contributed by atoms with Crippen LogP contribution in [0.1, 0.15) is 30.9 Å². The first-order valence-electron chi connectivity index (χ1n) is 12.6. The van der Waals surface area contributed by atoms with Crippen LogP contribution in [-0.2, 0) is 17.6 Å². The third-order valence-electron chi connectivity index (χ3n) is 6.64. The van der Waals surface area contributed by atoms with E-state index in [0.29, 0.717) is 36.4 Å². The van der Waals surface area contributed by atoms with Crippen molar-refractivity contribution >= 4 is 52.4 Å². The fraction of sp³-hybridized carbons (Fsp3) is 0.333. The van der Waals surface area contributed by atoms with Crippen molar-refractivity contribution in [3.05, 3.63) is 64.8 Å². The molecule has 5 rings (SSSR count). The lowest BCUT2D eigenvalue weighted by Gasteiger charge is -2.32. The van der Waals surface area contributed by atoms with E-state index in [1.165, 1.54) is 0 Å². The standard InChI is InChI=1S/C27H30ClN7O2/c1-2-29-27(37)35-12-4-6-19(16-35)25(36)33-23-11-10-21-14-18(23)9-8-17-5-3-7-20(13-17)32-26-30-15-22(28)24(31-21)34-26/h3,5,7,10-11,13-15,19H,2,4,6,8-9,12,16H2,1H3,(H,29,37)(H,33,36)(H2,30,31,32,34). The maximum Gasteiger partial charge on any atom is 0.317 e. The number of aromatic nitrogens is 2. The Labute approximate surface area is 221 Å². The van der Waals surface area contributed by atoms with Gasteiger partial charge in [0.1, 0.15) is 5.02 Å². The number of anilines is 5. The molecule has 9 nitrogen and oxygen atoms in total. The van der Waals surface area contributed by atoms with Gasteiger partial charge in [-0.05, 0) is 74.1 Å². The molecule has 2 aromatic carbocycles. The summed E-state index contributed by atoms with van der Waals surface area (Å²) in [7, 11) is 0. The number of halogens is 1. The predicted octanol–water partition coefficient (Wildman–Crippen LogP) is 5.10. The molecule has 37 heavy (non-hydrogen) atoms. The van der Waals surface area contributed by atoms with Gasteiger partial charge in [-0.1, -0.05) is 23.7 Å². The van der Waals surface area contributed by atoms with Crippen LogP contribution in [0.25, 0.3) is 0 Å². The topological polar surface area (TPSA) is 111 Å². The Bertz CT molecular complexity index is 1320. The highest BCUT2D eigenvalue weighted by atomic mass is 35.5. The van der Waals surface area contributed by atoms with Crippen LogP contribution >= 0.6 is 11.6 Å². The Morgan fingerprint density at radius 1 is 1.14 bits per heavy atom. The van der Waals surface area contributed by atoms with Crippen LogP contribution < -0.4 is 21.3 Å². The number of rotatable bonds is 3. The third-order valence-corrected chi connectivity index (χ3v) is 6.92. The van der Waals surface area contributed by atoms with Crippen LogP contribution in [0.3, 0.4) is 0 Å². The molecule has 3 aromatic rings. The smallest absolute Gasteiger partial charge is 0.317 e. The van der Waals surface area contributed by atoms with Crippen LogP contribution in [0.4, 0.5) is 33.6 Å². The summed E-state index contributed by atoms with van der Waals surface area (Å²) in [5, 5.41) is 12.9. The fourth-order valence-electron chi connectivity index (χ4n) is 4.74. The molecule has 0 spiro atoms. The Kier molecular flexibility index (Phi) is 7.41. The Balaban J connectivity index is 1.40. The van der Waals surface area contributed by atoms with E-state index in [4.69, 9.17) is 11.6 Å². The first kappa shape index (κ1) is 24.8. The zero-order chi connectivity index (χ0) is 25.8. The number of nitrogens with one attached hydrogen (secondary N) is 4. The molecule has 10 heteroatoms. The van der Waals surface area contributed by atoms with E-state index in [0.717, 1.165) is 53.9 Å². The Hall–Kier alpha value is -3.85. The molecular weight excluding hydrogens is 490 g/mol. The number of carbonyl (C=O) groups excluding carboxylic acids is 2. The second kappa shape index (κ2) is 11.0. The normalized spacial score (nSPS) is 16.7. The maximum absolute atomic E-state index is 13.3. The van der Waals surface area contributed by atoms with Crippen molar-refractivity contribution in [1.29, 1.82) is 0 Å². The van der Waals surface area contributed by atoms with Gasteiger partial charge < -0.3 is 26.2 Å². The van der Waals surface area contributed by atoms with E-state index in [2.05, 4.69) is 43.4 Å². The van der Waals surface area contributed by atoms with Gasteiger partial charge in [0.2, 0.25) is 11.9 Å². The summed E-state index contributed by atoms with van der Waals surface area (Å²) >= 11 is 6.37. The van der Waals surface area contributed by atoms with Gasteiger partial charge in [-0.25, -0.2) is 9.78 Å². The first-order valence-corrected chi connectivity index (χ1v) is 13.0. The fourth-order valence-corrected chi connectivity index (χ4v) is 4.88. The number of piperidine rings is 1. The highest BCUT2D eigenvalue weighted by Crippen LogP contribution is 2.30. The number of benzene rings is 2. The van der Waals surface area contributed by atoms with Gasteiger partial charge in [0.05, 0.1) is 12.1 Å². The summed E-state index contributed by atoms with van der Waals surface area (Å²) in [4.78, 5) is 36.1. The van der Waals surface area contributed by atoms with Gasteiger partial charge in [-0.2, -0.15) is 4.98 Å². The minimum Gasteiger partial charge on any atom is -0.339 e. The average Bonchev–Trinajstić information content (AvgIpc) is 2.91. The van der Waals surface area contributed by atoms with Crippen molar-refractivity contribution in [1.82, 2.24) is 20.2 Å². The largest absolute Gasteiger partial charge is 0.339 e. The number of carbonyl (C=O) groups is 2. The molecule has 1 fully saturated rings. The van der Waals surface area contributed by atoms with E-state index in [1.54, 1.807) is 11.1 Å². The van der Waals surface area contributed by atoms with Crippen molar-refractivity contribution in [3.63, 3.8) is 0 Å². The molecule has 4 N–H and O–H groups in total. The van der Waals surface area contributed by atoms with Crippen molar-refractivity contribution in [2.45, 2.75) is 32.6 Å². The van der Waals surface area contributed by atoms with Crippen LogP contribution in [0.15, 0.2) is 48.7 Å². The summed E-state index contributed by atoms with van der Waals surface area (Å²) in [5.74, 6) is 0.618. The number of likely N-dealkylation sites (tertiary alicyclic amines) is 1. The number of urea groups is 1. The van der Waals surface area contributed by atoms with Crippen molar-refractivity contribution in [3.8, 4) is 0 Å². The molecule has 0 aliphatic carbocycles. The predicted molar refractivity (Wildman–Crippen MR) is 146 cm³/mol. The van der Waals surface area contributed by atoms with Crippen molar-refractivity contribution in [2.75, 3.05) is 35.6 Å². The van der Waals surface area contributed by atoms with Gasteiger partial charge in [0.15, 0.2) is 5.82 Å². The number of nitrogens with zero attached hydrogens (tertiary/aromatic N) is 3. The Morgan fingerprint density at radius 3 is 2.86 bits per heavy atom. The highest BCUT2D eigenvalue weighted by Gasteiger charge is 2.28. The molecule has 1 aromatic heterocycles. The summed E-state index contributed by atoms with van der Waals surface area (Å²) in [6.07, 6.45) is 4.63. The monoisotopic (exact) mass is 519 g/mol. The molecule has 6 bridgehead atoms. The number of aryl methyl sites for hydroxylation is 2. The van der Waals surface area contributed by atoms with Crippen molar-refractivity contribution < 1.29 is 9.59 Å². The SMILES string of the molecule is CCNC(=O)N1CCCC(C(=O)Nc2ccc3cc2CCc2cccc(c2)Nc2ncc(Cl)c(n2)N3)C1. The molecule has 3 heterocycles. The summed E-state index contributed by atoms with van der Waals surface area (Å²) in [6.45, 7) is 3.54. The van der Waals surface area contributed by atoms with Crippen LogP contribution in [-0.4, -0.2) is 46.4 Å².